The number of halogens is 1. The molecule has 0 aromatic heterocycles. The minimum atomic E-state index is -4.22. The van der Waals surface area contributed by atoms with Gasteiger partial charge >= 0.3 is 0 Å². The molecule has 1 N–H and O–H groups in total. The van der Waals surface area contributed by atoms with Crippen LogP contribution in [0.5, 0.6) is 5.75 Å². The smallest absolute Gasteiger partial charge is 0.264 e. The highest BCUT2D eigenvalue weighted by Gasteiger charge is 2.33. The fourth-order valence-electron chi connectivity index (χ4n) is 3.87. The quantitative estimate of drug-likeness (QED) is 0.377. The van der Waals surface area contributed by atoms with E-state index in [1.54, 1.807) is 38.1 Å². The third-order valence-electron chi connectivity index (χ3n) is 6.00. The van der Waals surface area contributed by atoms with E-state index < -0.39 is 28.5 Å². The molecule has 8 nitrogen and oxygen atoms in total. The Labute approximate surface area is 229 Å². The van der Waals surface area contributed by atoms with Crippen LogP contribution in [0.25, 0.3) is 0 Å². The largest absolute Gasteiger partial charge is 0.492 e. The lowest BCUT2D eigenvalue weighted by Crippen LogP contribution is -2.50. The molecule has 0 aliphatic carbocycles. The number of amides is 2. The number of carbonyl (C=O) groups excluding carboxylic acids is 2. The van der Waals surface area contributed by atoms with Crippen LogP contribution in [-0.4, -0.2) is 51.4 Å². The molecule has 1 unspecified atom stereocenters. The molecular weight excluding hydrogens is 526 g/mol. The van der Waals surface area contributed by atoms with Crippen molar-refractivity contribution in [2.24, 2.45) is 0 Å². The van der Waals surface area contributed by atoms with Gasteiger partial charge in [0, 0.05) is 18.6 Å². The first-order chi connectivity index (χ1) is 18.1. The molecule has 0 saturated carbocycles. The van der Waals surface area contributed by atoms with Gasteiger partial charge in [0.2, 0.25) is 11.8 Å². The number of aryl methyl sites for hydroxylation is 1. The van der Waals surface area contributed by atoms with Crippen molar-refractivity contribution in [3.63, 3.8) is 0 Å². The lowest BCUT2D eigenvalue weighted by atomic mass is 10.1. The Balaban J connectivity index is 2.08. The maximum Gasteiger partial charge on any atom is 0.264 e. The van der Waals surface area contributed by atoms with Gasteiger partial charge in [-0.1, -0.05) is 53.6 Å². The Kier molecular flexibility index (Phi) is 9.77. The highest BCUT2D eigenvalue weighted by atomic mass is 35.5. The second kappa shape index (κ2) is 12.8. The van der Waals surface area contributed by atoms with Crippen LogP contribution in [0.2, 0.25) is 5.02 Å². The first kappa shape index (κ1) is 29.0. The summed E-state index contributed by atoms with van der Waals surface area (Å²) < 4.78 is 34.5. The highest BCUT2D eigenvalue weighted by Crippen LogP contribution is 2.33. The molecule has 3 rings (SSSR count). The molecule has 1 atom stereocenters. The van der Waals surface area contributed by atoms with Crippen molar-refractivity contribution < 1.29 is 22.7 Å². The number of rotatable bonds is 11. The van der Waals surface area contributed by atoms with E-state index in [1.165, 1.54) is 36.2 Å². The van der Waals surface area contributed by atoms with E-state index in [0.29, 0.717) is 17.4 Å². The first-order valence-corrected chi connectivity index (χ1v) is 14.0. The fraction of sp³-hybridized carbons (Fsp3) is 0.286. The van der Waals surface area contributed by atoms with Crippen molar-refractivity contribution in [1.82, 2.24) is 10.2 Å². The summed E-state index contributed by atoms with van der Waals surface area (Å²) in [6.45, 7) is 5.21. The van der Waals surface area contributed by atoms with E-state index >= 15 is 0 Å². The Morgan fingerprint density at radius 3 is 2.24 bits per heavy atom. The van der Waals surface area contributed by atoms with Crippen molar-refractivity contribution in [2.45, 2.75) is 38.3 Å². The number of sulfonamides is 1. The normalized spacial score (nSPS) is 11.9. The molecule has 2 amide bonds. The molecular formula is C28H32ClN3O5S. The molecule has 0 aliphatic rings. The number of nitrogens with zero attached hydrogens (tertiary/aromatic N) is 2. The predicted octanol–water partition coefficient (Wildman–Crippen LogP) is 4.41. The summed E-state index contributed by atoms with van der Waals surface area (Å²) in [5.41, 5.74) is 2.07. The van der Waals surface area contributed by atoms with Crippen LogP contribution < -0.4 is 14.4 Å². The van der Waals surface area contributed by atoms with Crippen LogP contribution in [0.1, 0.15) is 25.0 Å². The number of nitrogens with one attached hydrogen (secondary N) is 1. The number of ether oxygens (including phenoxy) is 1. The summed E-state index contributed by atoms with van der Waals surface area (Å²) in [5, 5.41) is 2.95. The average Bonchev–Trinajstić information content (AvgIpc) is 2.91. The standard InChI is InChI=1S/C28H32ClN3O5S/c1-5-37-26-9-7-6-8-25(26)32(38(35,36)24-16-14-23(29)15-17-24)19-27(33)31(21(3)28(34)30-4)18-22-12-10-20(2)11-13-22/h6-17,21H,5,18-19H2,1-4H3,(H,30,34). The van der Waals surface area contributed by atoms with Crippen LogP contribution in [0.15, 0.2) is 77.7 Å². The monoisotopic (exact) mass is 557 g/mol. The van der Waals surface area contributed by atoms with Gasteiger partial charge in [-0.05, 0) is 62.7 Å². The van der Waals surface area contributed by atoms with Gasteiger partial charge in [-0.3, -0.25) is 13.9 Å². The molecule has 0 saturated heterocycles. The number of para-hydroxylation sites is 2. The van der Waals surface area contributed by atoms with E-state index in [0.717, 1.165) is 15.4 Å². The molecule has 3 aromatic rings. The van der Waals surface area contributed by atoms with Crippen LogP contribution >= 0.6 is 11.6 Å². The number of hydrogen-bond donors (Lipinski definition) is 1. The SMILES string of the molecule is CCOc1ccccc1N(CC(=O)N(Cc1ccc(C)cc1)C(C)C(=O)NC)S(=O)(=O)c1ccc(Cl)cc1. The maximum atomic E-state index is 13.9. The van der Waals surface area contributed by atoms with Gasteiger partial charge in [-0.2, -0.15) is 0 Å². The van der Waals surface area contributed by atoms with E-state index in [9.17, 15) is 18.0 Å². The summed E-state index contributed by atoms with van der Waals surface area (Å²) in [6.07, 6.45) is 0. The van der Waals surface area contributed by atoms with Gasteiger partial charge in [0.25, 0.3) is 10.0 Å². The van der Waals surface area contributed by atoms with Gasteiger partial charge < -0.3 is 15.0 Å². The first-order valence-electron chi connectivity index (χ1n) is 12.1. The highest BCUT2D eigenvalue weighted by molar-refractivity contribution is 7.92. The van der Waals surface area contributed by atoms with Crippen molar-refractivity contribution >= 4 is 39.1 Å². The van der Waals surface area contributed by atoms with Crippen LogP contribution in [0, 0.1) is 6.92 Å². The fourth-order valence-corrected chi connectivity index (χ4v) is 5.42. The molecule has 202 valence electrons. The third-order valence-corrected chi connectivity index (χ3v) is 8.03. The van der Waals surface area contributed by atoms with Crippen molar-refractivity contribution in [3.8, 4) is 5.75 Å². The Morgan fingerprint density at radius 1 is 1.00 bits per heavy atom. The van der Waals surface area contributed by atoms with Crippen LogP contribution in [0.3, 0.4) is 0 Å². The van der Waals surface area contributed by atoms with Gasteiger partial charge in [-0.15, -0.1) is 0 Å². The summed E-state index contributed by atoms with van der Waals surface area (Å²) in [5.74, 6) is -0.609. The third kappa shape index (κ3) is 6.85. The summed E-state index contributed by atoms with van der Waals surface area (Å²) in [6, 6.07) is 19.1. The van der Waals surface area contributed by atoms with Crippen molar-refractivity contribution in [2.75, 3.05) is 24.5 Å². The van der Waals surface area contributed by atoms with Crippen LogP contribution in [-0.2, 0) is 26.2 Å². The summed E-state index contributed by atoms with van der Waals surface area (Å²) in [7, 11) is -2.73. The maximum absolute atomic E-state index is 13.9. The molecule has 10 heteroatoms. The van der Waals surface area contributed by atoms with E-state index in [1.807, 2.05) is 31.2 Å². The minimum Gasteiger partial charge on any atom is -0.492 e. The Morgan fingerprint density at radius 2 is 1.63 bits per heavy atom. The lowest BCUT2D eigenvalue weighted by Gasteiger charge is -2.32. The molecule has 0 heterocycles. The molecule has 0 spiro atoms. The van der Waals surface area contributed by atoms with Crippen molar-refractivity contribution in [3.05, 3.63) is 88.9 Å². The topological polar surface area (TPSA) is 96.0 Å². The number of benzene rings is 3. The predicted molar refractivity (Wildman–Crippen MR) is 149 cm³/mol. The zero-order chi connectivity index (χ0) is 27.9. The van der Waals surface area contributed by atoms with Crippen LogP contribution in [0.4, 0.5) is 5.69 Å². The van der Waals surface area contributed by atoms with Gasteiger partial charge in [-0.25, -0.2) is 8.42 Å². The van der Waals surface area contributed by atoms with E-state index in [4.69, 9.17) is 16.3 Å². The van der Waals surface area contributed by atoms with Gasteiger partial charge in [0.05, 0.1) is 17.2 Å². The summed E-state index contributed by atoms with van der Waals surface area (Å²) in [4.78, 5) is 27.8. The molecule has 0 radical (unpaired) electrons. The molecule has 0 fully saturated rings. The zero-order valence-electron chi connectivity index (χ0n) is 21.8. The number of hydrogen-bond acceptors (Lipinski definition) is 5. The second-order valence-corrected chi connectivity index (χ2v) is 11.0. The molecule has 0 aliphatic heterocycles. The number of likely N-dealkylation sites (N-methyl/N-ethyl adjacent to an activating group) is 1. The van der Waals surface area contributed by atoms with E-state index in [2.05, 4.69) is 5.32 Å². The van der Waals surface area contributed by atoms with Gasteiger partial charge in [0.15, 0.2) is 0 Å². The van der Waals surface area contributed by atoms with E-state index in [-0.39, 0.29) is 23.0 Å². The summed E-state index contributed by atoms with van der Waals surface area (Å²) >= 11 is 5.99. The average molecular weight is 558 g/mol. The Hall–Kier alpha value is -3.56. The Bertz CT molecular complexity index is 1360. The zero-order valence-corrected chi connectivity index (χ0v) is 23.4. The second-order valence-electron chi connectivity index (χ2n) is 8.66. The van der Waals surface area contributed by atoms with Gasteiger partial charge in [0.1, 0.15) is 18.3 Å². The molecule has 38 heavy (non-hydrogen) atoms. The number of anilines is 1. The number of carbonyl (C=O) groups is 2. The molecule has 0 bridgehead atoms. The lowest BCUT2D eigenvalue weighted by molar-refractivity contribution is -0.139. The molecule has 3 aromatic carbocycles. The van der Waals surface area contributed by atoms with Crippen molar-refractivity contribution in [1.29, 1.82) is 0 Å². The minimum absolute atomic E-state index is 0.0366.